The molecular weight excluding hydrogens is 240 g/mol. The van der Waals surface area contributed by atoms with Gasteiger partial charge in [-0.15, -0.1) is 0 Å². The average molecular weight is 268 g/mol. The van der Waals surface area contributed by atoms with Gasteiger partial charge in [0.05, 0.1) is 0 Å². The van der Waals surface area contributed by atoms with Crippen LogP contribution < -0.4 is 5.73 Å². The molecule has 1 amide bonds. The highest BCUT2D eigenvalue weighted by Crippen LogP contribution is 2.27. The smallest absolute Gasteiger partial charge is 0.253 e. The summed E-state index contributed by atoms with van der Waals surface area (Å²) in [6, 6.07) is -0.391. The Kier molecular flexibility index (Phi) is 5.64. The van der Waals surface area contributed by atoms with Gasteiger partial charge in [-0.05, 0) is 31.6 Å². The molecule has 0 bridgehead atoms. The van der Waals surface area contributed by atoms with Crippen LogP contribution in [0.2, 0.25) is 0 Å². The number of aliphatic hydroxyl groups is 1. The molecule has 2 aliphatic rings. The molecule has 1 saturated carbocycles. The van der Waals surface area contributed by atoms with Crippen LogP contribution in [0.3, 0.4) is 0 Å². The number of carbonyl (C=O) groups is 1. The number of hydrogen-bond acceptors (Lipinski definition) is 3. The summed E-state index contributed by atoms with van der Waals surface area (Å²) in [6.07, 6.45) is 9.36. The first-order valence-corrected chi connectivity index (χ1v) is 7.91. The summed E-state index contributed by atoms with van der Waals surface area (Å²) in [7, 11) is 0. The number of likely N-dealkylation sites (tertiary alicyclic amines) is 1. The Morgan fingerprint density at radius 3 is 2.32 bits per heavy atom. The summed E-state index contributed by atoms with van der Waals surface area (Å²) in [5.74, 6) is 0.454. The first kappa shape index (κ1) is 14.8. The van der Waals surface area contributed by atoms with Gasteiger partial charge in [-0.1, -0.05) is 32.1 Å². The first-order chi connectivity index (χ1) is 9.18. The molecule has 1 aliphatic heterocycles. The highest BCUT2D eigenvalue weighted by Gasteiger charge is 2.30. The second-order valence-electron chi connectivity index (χ2n) is 6.23. The van der Waals surface area contributed by atoms with Crippen molar-refractivity contribution in [3.63, 3.8) is 0 Å². The third kappa shape index (κ3) is 4.18. The molecule has 1 saturated heterocycles. The minimum absolute atomic E-state index is 0.150. The molecule has 1 heterocycles. The molecular formula is C15H28N2O2. The lowest BCUT2D eigenvalue weighted by molar-refractivity contribution is -0.142. The molecule has 4 nitrogen and oxygen atoms in total. The Morgan fingerprint density at radius 2 is 1.68 bits per heavy atom. The molecule has 3 N–H and O–H groups in total. The zero-order chi connectivity index (χ0) is 13.7. The van der Waals surface area contributed by atoms with Crippen molar-refractivity contribution in [3.05, 3.63) is 0 Å². The molecule has 4 heteroatoms. The van der Waals surface area contributed by atoms with E-state index in [0.717, 1.165) is 32.4 Å². The molecule has 19 heavy (non-hydrogen) atoms. The topological polar surface area (TPSA) is 66.6 Å². The number of amides is 1. The van der Waals surface area contributed by atoms with Crippen LogP contribution in [0, 0.1) is 5.92 Å². The monoisotopic (exact) mass is 268 g/mol. The van der Waals surface area contributed by atoms with Gasteiger partial charge in [0.15, 0.2) is 0 Å². The standard InChI is InChI=1S/C15H28N2O2/c16-13(11-12-7-3-1-4-8-12)14(18)15(19)17-9-5-2-6-10-17/h12-14,18H,1-11,16H2. The molecule has 2 rings (SSSR count). The lowest BCUT2D eigenvalue weighted by Crippen LogP contribution is -2.50. The van der Waals surface area contributed by atoms with Gasteiger partial charge in [0, 0.05) is 19.1 Å². The normalized spacial score (nSPS) is 25.1. The van der Waals surface area contributed by atoms with E-state index in [1.54, 1.807) is 4.90 Å². The Bertz CT molecular complexity index is 284. The van der Waals surface area contributed by atoms with E-state index < -0.39 is 12.1 Å². The average Bonchev–Trinajstić information content (AvgIpc) is 2.47. The number of hydrogen-bond donors (Lipinski definition) is 2. The van der Waals surface area contributed by atoms with Gasteiger partial charge in [-0.2, -0.15) is 0 Å². The number of nitrogens with zero attached hydrogens (tertiary/aromatic N) is 1. The Balaban J connectivity index is 1.79. The van der Waals surface area contributed by atoms with Crippen LogP contribution in [-0.4, -0.2) is 41.1 Å². The zero-order valence-electron chi connectivity index (χ0n) is 11.9. The van der Waals surface area contributed by atoms with E-state index in [-0.39, 0.29) is 5.91 Å². The molecule has 0 radical (unpaired) electrons. The number of nitrogens with two attached hydrogens (primary N) is 1. The summed E-state index contributed by atoms with van der Waals surface area (Å²) in [5, 5.41) is 10.2. The van der Waals surface area contributed by atoms with E-state index in [0.29, 0.717) is 5.92 Å². The van der Waals surface area contributed by atoms with Crippen molar-refractivity contribution < 1.29 is 9.90 Å². The second kappa shape index (κ2) is 7.25. The predicted octanol–water partition coefficient (Wildman–Crippen LogP) is 1.66. The van der Waals surface area contributed by atoms with Crippen molar-refractivity contribution >= 4 is 5.91 Å². The Labute approximate surface area is 116 Å². The fraction of sp³-hybridized carbons (Fsp3) is 0.933. The molecule has 2 fully saturated rings. The number of aliphatic hydroxyl groups excluding tert-OH is 1. The zero-order valence-corrected chi connectivity index (χ0v) is 11.9. The summed E-state index contributed by atoms with van der Waals surface area (Å²) in [6.45, 7) is 1.57. The summed E-state index contributed by atoms with van der Waals surface area (Å²) >= 11 is 0. The number of carbonyl (C=O) groups excluding carboxylic acids is 1. The molecule has 0 aromatic carbocycles. The van der Waals surface area contributed by atoms with Crippen LogP contribution in [0.15, 0.2) is 0 Å². The van der Waals surface area contributed by atoms with Crippen molar-refractivity contribution in [2.24, 2.45) is 11.7 Å². The van der Waals surface area contributed by atoms with E-state index in [4.69, 9.17) is 5.73 Å². The van der Waals surface area contributed by atoms with Crippen molar-refractivity contribution in [1.82, 2.24) is 4.90 Å². The second-order valence-corrected chi connectivity index (χ2v) is 6.23. The van der Waals surface area contributed by atoms with Gasteiger partial charge in [-0.3, -0.25) is 4.79 Å². The van der Waals surface area contributed by atoms with Gasteiger partial charge in [0.2, 0.25) is 0 Å². The van der Waals surface area contributed by atoms with Gasteiger partial charge in [0.1, 0.15) is 6.10 Å². The van der Waals surface area contributed by atoms with Crippen LogP contribution in [0.5, 0.6) is 0 Å². The molecule has 0 aromatic heterocycles. The van der Waals surface area contributed by atoms with Crippen molar-refractivity contribution in [1.29, 1.82) is 0 Å². The lowest BCUT2D eigenvalue weighted by Gasteiger charge is -2.32. The van der Waals surface area contributed by atoms with E-state index in [1.807, 2.05) is 0 Å². The molecule has 110 valence electrons. The van der Waals surface area contributed by atoms with Crippen LogP contribution >= 0.6 is 0 Å². The van der Waals surface area contributed by atoms with E-state index in [2.05, 4.69) is 0 Å². The summed E-state index contributed by atoms with van der Waals surface area (Å²) < 4.78 is 0. The van der Waals surface area contributed by atoms with E-state index >= 15 is 0 Å². The van der Waals surface area contributed by atoms with Crippen LogP contribution in [0.25, 0.3) is 0 Å². The minimum atomic E-state index is -1.000. The number of piperidine rings is 1. The van der Waals surface area contributed by atoms with E-state index in [9.17, 15) is 9.90 Å². The molecule has 0 aromatic rings. The van der Waals surface area contributed by atoms with Gasteiger partial charge in [0.25, 0.3) is 5.91 Å². The third-order valence-electron chi connectivity index (χ3n) is 4.66. The van der Waals surface area contributed by atoms with Crippen LogP contribution in [0.1, 0.15) is 57.8 Å². The quantitative estimate of drug-likeness (QED) is 0.815. The molecule has 0 spiro atoms. The van der Waals surface area contributed by atoms with E-state index in [1.165, 1.54) is 38.5 Å². The molecule has 2 unspecified atom stereocenters. The Morgan fingerprint density at radius 1 is 1.11 bits per heavy atom. The molecule has 2 atom stereocenters. The van der Waals surface area contributed by atoms with Crippen molar-refractivity contribution in [2.75, 3.05) is 13.1 Å². The highest BCUT2D eigenvalue weighted by atomic mass is 16.3. The first-order valence-electron chi connectivity index (χ1n) is 7.91. The van der Waals surface area contributed by atoms with Crippen molar-refractivity contribution in [2.45, 2.75) is 69.9 Å². The highest BCUT2D eigenvalue weighted by molar-refractivity contribution is 5.81. The summed E-state index contributed by atoms with van der Waals surface area (Å²) in [5.41, 5.74) is 6.06. The van der Waals surface area contributed by atoms with Gasteiger partial charge in [-0.25, -0.2) is 0 Å². The Hall–Kier alpha value is -0.610. The van der Waals surface area contributed by atoms with Crippen LogP contribution in [-0.2, 0) is 4.79 Å². The minimum Gasteiger partial charge on any atom is -0.382 e. The van der Waals surface area contributed by atoms with Gasteiger partial charge >= 0.3 is 0 Å². The molecule has 1 aliphatic carbocycles. The maximum atomic E-state index is 12.2. The van der Waals surface area contributed by atoms with Crippen molar-refractivity contribution in [3.8, 4) is 0 Å². The maximum Gasteiger partial charge on any atom is 0.253 e. The largest absolute Gasteiger partial charge is 0.382 e. The fourth-order valence-electron chi connectivity index (χ4n) is 3.42. The van der Waals surface area contributed by atoms with Crippen LogP contribution in [0.4, 0.5) is 0 Å². The lowest BCUT2D eigenvalue weighted by atomic mass is 9.84. The SMILES string of the molecule is NC(CC1CCCCC1)C(O)C(=O)N1CCCCC1. The third-order valence-corrected chi connectivity index (χ3v) is 4.66. The summed E-state index contributed by atoms with van der Waals surface area (Å²) in [4.78, 5) is 14.0. The maximum absolute atomic E-state index is 12.2. The predicted molar refractivity (Wildman–Crippen MR) is 75.6 cm³/mol. The fourth-order valence-corrected chi connectivity index (χ4v) is 3.42. The van der Waals surface area contributed by atoms with Gasteiger partial charge < -0.3 is 15.7 Å². The number of rotatable bonds is 4.